The van der Waals surface area contributed by atoms with E-state index in [1.54, 1.807) is 12.1 Å². The lowest BCUT2D eigenvalue weighted by molar-refractivity contribution is -0.222. The molecule has 1 saturated carbocycles. The van der Waals surface area contributed by atoms with Crippen LogP contribution in [0.3, 0.4) is 0 Å². The minimum Gasteiger partial charge on any atom is -0.355 e. The number of carbonyl (C=O) groups is 2. The molecule has 2 aliphatic heterocycles. The van der Waals surface area contributed by atoms with E-state index in [0.29, 0.717) is 22.6 Å². The van der Waals surface area contributed by atoms with Crippen molar-refractivity contribution in [1.29, 1.82) is 0 Å². The third-order valence-electron chi connectivity index (χ3n) is 7.02. The quantitative estimate of drug-likeness (QED) is 0.735. The lowest BCUT2D eigenvalue weighted by Crippen LogP contribution is -2.71. The molecule has 0 N–H and O–H groups in total. The van der Waals surface area contributed by atoms with Crippen molar-refractivity contribution in [3.05, 3.63) is 47.0 Å². The van der Waals surface area contributed by atoms with Crippen LogP contribution in [0.2, 0.25) is 0 Å². The SMILES string of the molecule is CC1(C)C2CC[C@@]3(C)O[C@@]14C(=O)c1ccccc1C(=O)C4=CC23. The predicted molar refractivity (Wildman–Crippen MR) is 85.4 cm³/mol. The third kappa shape index (κ3) is 1.22. The Morgan fingerprint density at radius 3 is 2.52 bits per heavy atom. The summed E-state index contributed by atoms with van der Waals surface area (Å²) in [6, 6.07) is 7.17. The first-order chi connectivity index (χ1) is 10.8. The lowest BCUT2D eigenvalue weighted by atomic mass is 9.49. The summed E-state index contributed by atoms with van der Waals surface area (Å²) >= 11 is 0. The van der Waals surface area contributed by atoms with Gasteiger partial charge in [-0.05, 0) is 25.7 Å². The first-order valence-electron chi connectivity index (χ1n) is 8.44. The molecule has 5 aliphatic rings. The fourth-order valence-electron chi connectivity index (χ4n) is 5.79. The van der Waals surface area contributed by atoms with Gasteiger partial charge in [-0.2, -0.15) is 0 Å². The highest BCUT2D eigenvalue weighted by Gasteiger charge is 2.74. The Hall–Kier alpha value is -1.74. The van der Waals surface area contributed by atoms with E-state index in [1.165, 1.54) is 0 Å². The van der Waals surface area contributed by atoms with E-state index in [2.05, 4.69) is 26.8 Å². The molecular weight excluding hydrogens is 288 g/mol. The molecule has 1 aromatic carbocycles. The van der Waals surface area contributed by atoms with Crippen molar-refractivity contribution in [1.82, 2.24) is 0 Å². The molecule has 1 saturated heterocycles. The zero-order valence-electron chi connectivity index (χ0n) is 13.7. The fourth-order valence-corrected chi connectivity index (χ4v) is 5.79. The number of hydrogen-bond donors (Lipinski definition) is 0. The number of ketones is 2. The van der Waals surface area contributed by atoms with Crippen LogP contribution in [0.4, 0.5) is 0 Å². The summed E-state index contributed by atoms with van der Waals surface area (Å²) in [5, 5.41) is 0. The summed E-state index contributed by atoms with van der Waals surface area (Å²) in [5.41, 5.74) is -0.149. The van der Waals surface area contributed by atoms with Crippen molar-refractivity contribution < 1.29 is 14.3 Å². The van der Waals surface area contributed by atoms with Gasteiger partial charge in [0.05, 0.1) is 5.60 Å². The molecule has 4 bridgehead atoms. The molecule has 0 aromatic heterocycles. The molecule has 3 nitrogen and oxygen atoms in total. The number of carbonyl (C=O) groups excluding carboxylic acids is 2. The van der Waals surface area contributed by atoms with E-state index in [0.717, 1.165) is 12.8 Å². The highest BCUT2D eigenvalue weighted by atomic mass is 16.5. The van der Waals surface area contributed by atoms with Crippen LogP contribution in [0.15, 0.2) is 35.9 Å². The smallest absolute Gasteiger partial charge is 0.200 e. The van der Waals surface area contributed by atoms with E-state index < -0.39 is 5.60 Å². The van der Waals surface area contributed by atoms with Gasteiger partial charge in [0.25, 0.3) is 0 Å². The topological polar surface area (TPSA) is 43.4 Å². The van der Waals surface area contributed by atoms with Gasteiger partial charge in [0.15, 0.2) is 11.4 Å². The number of ether oxygens (including phenoxy) is 1. The number of rotatable bonds is 0. The van der Waals surface area contributed by atoms with Crippen molar-refractivity contribution in [3.63, 3.8) is 0 Å². The lowest BCUT2D eigenvalue weighted by Gasteiger charge is -2.62. The minimum atomic E-state index is -1.11. The Bertz CT molecular complexity index is 818. The Labute approximate surface area is 135 Å². The molecule has 23 heavy (non-hydrogen) atoms. The van der Waals surface area contributed by atoms with Gasteiger partial charge in [0, 0.05) is 28.0 Å². The van der Waals surface area contributed by atoms with E-state index in [-0.39, 0.29) is 28.5 Å². The molecular formula is C20H20O3. The average molecular weight is 308 g/mol. The van der Waals surface area contributed by atoms with Crippen molar-refractivity contribution in [3.8, 4) is 0 Å². The molecule has 6 rings (SSSR count). The van der Waals surface area contributed by atoms with Crippen LogP contribution in [0.5, 0.6) is 0 Å². The molecule has 2 fully saturated rings. The number of benzene rings is 1. The maximum absolute atomic E-state index is 13.5. The Morgan fingerprint density at radius 2 is 1.78 bits per heavy atom. The van der Waals surface area contributed by atoms with Crippen LogP contribution in [-0.2, 0) is 4.74 Å². The Morgan fingerprint density at radius 1 is 1.09 bits per heavy atom. The van der Waals surface area contributed by atoms with Crippen LogP contribution in [-0.4, -0.2) is 22.8 Å². The highest BCUT2D eigenvalue weighted by Crippen LogP contribution is 2.68. The fraction of sp³-hybridized carbons (Fsp3) is 0.500. The van der Waals surface area contributed by atoms with Gasteiger partial charge in [-0.15, -0.1) is 0 Å². The second kappa shape index (κ2) is 3.67. The van der Waals surface area contributed by atoms with Crippen LogP contribution < -0.4 is 0 Å². The number of fused-ring (bicyclic) bond motifs is 1. The van der Waals surface area contributed by atoms with Crippen molar-refractivity contribution in [2.45, 2.75) is 44.8 Å². The Kier molecular flexibility index (Phi) is 2.18. The zero-order valence-corrected chi connectivity index (χ0v) is 13.7. The summed E-state index contributed by atoms with van der Waals surface area (Å²) in [4.78, 5) is 26.6. The van der Waals surface area contributed by atoms with Gasteiger partial charge in [-0.25, -0.2) is 0 Å². The largest absolute Gasteiger partial charge is 0.355 e. The van der Waals surface area contributed by atoms with E-state index in [4.69, 9.17) is 4.74 Å². The normalized spacial score (nSPS) is 42.3. The van der Waals surface area contributed by atoms with Gasteiger partial charge in [-0.3, -0.25) is 9.59 Å². The molecule has 1 aromatic rings. The second-order valence-electron chi connectivity index (χ2n) is 8.27. The molecule has 0 radical (unpaired) electrons. The second-order valence-corrected chi connectivity index (χ2v) is 8.27. The molecule has 0 amide bonds. The monoisotopic (exact) mass is 308 g/mol. The zero-order chi connectivity index (χ0) is 16.2. The third-order valence-corrected chi connectivity index (χ3v) is 7.02. The van der Waals surface area contributed by atoms with Crippen LogP contribution in [0.25, 0.3) is 0 Å². The molecule has 3 heteroatoms. The van der Waals surface area contributed by atoms with Gasteiger partial charge in [0.1, 0.15) is 0 Å². The number of hydrogen-bond acceptors (Lipinski definition) is 3. The molecule has 4 atom stereocenters. The molecule has 2 heterocycles. The van der Waals surface area contributed by atoms with E-state index in [1.807, 2.05) is 12.1 Å². The first-order valence-corrected chi connectivity index (χ1v) is 8.44. The summed E-state index contributed by atoms with van der Waals surface area (Å²) in [7, 11) is 0. The predicted octanol–water partition coefficient (Wildman–Crippen LogP) is 3.59. The Balaban J connectivity index is 1.87. The summed E-state index contributed by atoms with van der Waals surface area (Å²) < 4.78 is 6.57. The average Bonchev–Trinajstić information content (AvgIpc) is 2.83. The summed E-state index contributed by atoms with van der Waals surface area (Å²) in [6.07, 6.45) is 4.10. The first kappa shape index (κ1) is 13.7. The molecule has 118 valence electrons. The van der Waals surface area contributed by atoms with Crippen LogP contribution >= 0.6 is 0 Å². The van der Waals surface area contributed by atoms with E-state index in [9.17, 15) is 9.59 Å². The standard InChI is InChI=1S/C20H20O3/c1-18(2)13-8-9-19(3)14(13)10-15-16(21)11-6-4-5-7-12(11)17(22)20(15,18)23-19/h4-7,10,13-14H,8-9H2,1-3H3/t13?,14?,19-,20+/m1/s1. The van der Waals surface area contributed by atoms with Crippen LogP contribution in [0, 0.1) is 17.3 Å². The van der Waals surface area contributed by atoms with Crippen molar-refractivity contribution >= 4 is 11.6 Å². The van der Waals surface area contributed by atoms with Crippen LogP contribution in [0.1, 0.15) is 54.3 Å². The summed E-state index contributed by atoms with van der Waals surface area (Å²) in [6.45, 7) is 6.34. The molecule has 1 spiro atoms. The molecule has 2 unspecified atom stereocenters. The van der Waals surface area contributed by atoms with Gasteiger partial charge >= 0.3 is 0 Å². The van der Waals surface area contributed by atoms with Crippen molar-refractivity contribution in [2.24, 2.45) is 17.3 Å². The van der Waals surface area contributed by atoms with Gasteiger partial charge in [0.2, 0.25) is 5.78 Å². The maximum atomic E-state index is 13.5. The van der Waals surface area contributed by atoms with Gasteiger partial charge in [-0.1, -0.05) is 44.2 Å². The van der Waals surface area contributed by atoms with Gasteiger partial charge < -0.3 is 4.74 Å². The minimum absolute atomic E-state index is 0.0272. The van der Waals surface area contributed by atoms with Crippen molar-refractivity contribution in [2.75, 3.05) is 0 Å². The molecule has 3 aliphatic carbocycles. The van der Waals surface area contributed by atoms with E-state index >= 15 is 0 Å². The summed E-state index contributed by atoms with van der Waals surface area (Å²) in [5.74, 6) is 0.573. The maximum Gasteiger partial charge on any atom is 0.200 e. The highest BCUT2D eigenvalue weighted by molar-refractivity contribution is 6.27. The number of Topliss-reactive ketones (excluding diaryl/α,β-unsaturated/α-hetero) is 2.